The molecule has 4 aromatic rings. The van der Waals surface area contributed by atoms with E-state index in [4.69, 9.17) is 4.74 Å². The van der Waals surface area contributed by atoms with Gasteiger partial charge >= 0.3 is 0 Å². The molecule has 1 fully saturated rings. The molecule has 0 radical (unpaired) electrons. The molecule has 38 heavy (non-hydrogen) atoms. The van der Waals surface area contributed by atoms with Gasteiger partial charge in [0.2, 0.25) is 0 Å². The summed E-state index contributed by atoms with van der Waals surface area (Å²) < 4.78 is 74.5. The Bertz CT molecular complexity index is 1840. The number of hydrogen-bond donors (Lipinski definition) is 3. The SMILES string of the molecule is CC(=O)C1CCN(C(=O)COc2cc(S(=O)(=O)O)c3ccc4c(S(=O)(=O)O)cc(S)c5ccc2c3c54)CC1. The Kier molecular flexibility index (Phi) is 6.55. The van der Waals surface area contributed by atoms with Gasteiger partial charge in [-0.3, -0.25) is 18.7 Å². The summed E-state index contributed by atoms with van der Waals surface area (Å²) in [5.41, 5.74) is 0. The Hall–Kier alpha value is -2.97. The van der Waals surface area contributed by atoms with Gasteiger partial charge in [-0.25, -0.2) is 0 Å². The van der Waals surface area contributed by atoms with Gasteiger partial charge in [0.15, 0.2) is 6.61 Å². The molecule has 0 spiro atoms. The van der Waals surface area contributed by atoms with Crippen LogP contribution in [0.25, 0.3) is 32.3 Å². The van der Waals surface area contributed by atoms with E-state index in [0.717, 1.165) is 6.07 Å². The maximum atomic E-state index is 12.8. The number of Topliss-reactive ketones (excluding diaryl/α,β-unsaturated/α-hetero) is 1. The zero-order chi connectivity index (χ0) is 27.6. The highest BCUT2D eigenvalue weighted by Crippen LogP contribution is 2.45. The standard InChI is InChI=1S/C25H23NO9S3/c1-13(27)14-6-8-26(9-7-14)23(28)12-35-19-10-21(37(29,30)31)17-4-5-18-22(38(32,33)34)11-20(36)16-3-2-15(19)24(17)25(16)18/h2-5,10-11,14,36H,6-9,12H2,1H3,(H,29,30,31)(H,32,33,34). The molecule has 1 aliphatic rings. The van der Waals surface area contributed by atoms with Crippen LogP contribution in [0.4, 0.5) is 0 Å². The van der Waals surface area contributed by atoms with E-state index in [-0.39, 0.29) is 44.4 Å². The summed E-state index contributed by atoms with van der Waals surface area (Å²) in [6, 6.07) is 8.29. The lowest BCUT2D eigenvalue weighted by Gasteiger charge is -2.30. The van der Waals surface area contributed by atoms with Crippen LogP contribution in [-0.4, -0.2) is 62.2 Å². The number of ketones is 1. The Morgan fingerprint density at radius 3 is 1.95 bits per heavy atom. The van der Waals surface area contributed by atoms with E-state index in [0.29, 0.717) is 42.1 Å². The average molecular weight is 578 g/mol. The lowest BCUT2D eigenvalue weighted by Crippen LogP contribution is -2.42. The van der Waals surface area contributed by atoms with Gasteiger partial charge in [0.1, 0.15) is 21.3 Å². The molecule has 5 rings (SSSR count). The zero-order valence-electron chi connectivity index (χ0n) is 20.0. The number of carbonyl (C=O) groups is 2. The van der Waals surface area contributed by atoms with Gasteiger partial charge in [-0.15, -0.1) is 12.6 Å². The van der Waals surface area contributed by atoms with Crippen LogP contribution in [0.2, 0.25) is 0 Å². The summed E-state index contributed by atoms with van der Waals surface area (Å²) in [7, 11) is -9.43. The van der Waals surface area contributed by atoms with E-state index in [1.165, 1.54) is 25.1 Å². The molecular formula is C25H23NO9S3. The van der Waals surface area contributed by atoms with Crippen molar-refractivity contribution in [1.29, 1.82) is 0 Å². The number of benzene rings is 4. The van der Waals surface area contributed by atoms with E-state index in [1.807, 2.05) is 0 Å². The molecule has 1 aliphatic heterocycles. The first-order valence-electron chi connectivity index (χ1n) is 11.6. The first-order chi connectivity index (χ1) is 17.8. The van der Waals surface area contributed by atoms with Gasteiger partial charge in [0, 0.05) is 56.9 Å². The predicted octanol–water partition coefficient (Wildman–Crippen LogP) is 3.57. The highest BCUT2D eigenvalue weighted by atomic mass is 32.2. The second-order valence-electron chi connectivity index (χ2n) is 9.34. The highest BCUT2D eigenvalue weighted by Gasteiger charge is 2.27. The van der Waals surface area contributed by atoms with Crippen molar-refractivity contribution in [1.82, 2.24) is 4.90 Å². The molecule has 10 nitrogen and oxygen atoms in total. The number of carbonyl (C=O) groups excluding carboxylic acids is 2. The van der Waals surface area contributed by atoms with Crippen molar-refractivity contribution in [2.45, 2.75) is 34.5 Å². The molecule has 0 atom stereocenters. The molecule has 200 valence electrons. The summed E-state index contributed by atoms with van der Waals surface area (Å²) in [6.45, 7) is 1.89. The fourth-order valence-corrected chi connectivity index (χ4v) is 7.01. The van der Waals surface area contributed by atoms with Gasteiger partial charge in [-0.2, -0.15) is 16.8 Å². The van der Waals surface area contributed by atoms with E-state index in [2.05, 4.69) is 12.6 Å². The number of likely N-dealkylation sites (tertiary alicyclic amines) is 1. The van der Waals surface area contributed by atoms with Crippen LogP contribution in [0.15, 0.2) is 51.1 Å². The number of rotatable bonds is 6. The summed E-state index contributed by atoms with van der Waals surface area (Å²) in [5, 5.41) is 1.64. The van der Waals surface area contributed by atoms with Crippen molar-refractivity contribution in [2.75, 3.05) is 19.7 Å². The van der Waals surface area contributed by atoms with Crippen LogP contribution >= 0.6 is 12.6 Å². The largest absolute Gasteiger partial charge is 0.483 e. The van der Waals surface area contributed by atoms with Crippen molar-refractivity contribution < 1.29 is 40.3 Å². The number of ether oxygens (including phenoxy) is 1. The van der Waals surface area contributed by atoms with Crippen molar-refractivity contribution >= 4 is 76.9 Å². The third-order valence-corrected chi connectivity index (χ3v) is 9.25. The molecule has 0 saturated carbocycles. The number of nitrogens with zero attached hydrogens (tertiary/aromatic N) is 1. The number of thiol groups is 1. The maximum Gasteiger partial charge on any atom is 0.295 e. The van der Waals surface area contributed by atoms with Crippen molar-refractivity contribution in [3.05, 3.63) is 36.4 Å². The second kappa shape index (κ2) is 9.35. The minimum atomic E-state index is -4.77. The summed E-state index contributed by atoms with van der Waals surface area (Å²) in [4.78, 5) is 25.4. The average Bonchev–Trinajstić information content (AvgIpc) is 2.85. The molecule has 1 amide bonds. The monoisotopic (exact) mass is 577 g/mol. The Morgan fingerprint density at radius 1 is 0.895 bits per heavy atom. The van der Waals surface area contributed by atoms with E-state index in [9.17, 15) is 35.5 Å². The van der Waals surface area contributed by atoms with Crippen LogP contribution in [0.5, 0.6) is 5.75 Å². The fraction of sp³-hybridized carbons (Fsp3) is 0.280. The fourth-order valence-electron chi connectivity index (χ4n) is 5.19. The summed E-state index contributed by atoms with van der Waals surface area (Å²) in [5.74, 6) is -0.359. The van der Waals surface area contributed by atoms with Gasteiger partial charge in [-0.05, 0) is 37.3 Å². The maximum absolute atomic E-state index is 12.8. The molecule has 1 heterocycles. The summed E-state index contributed by atoms with van der Waals surface area (Å²) in [6.07, 6.45) is 1.10. The first kappa shape index (κ1) is 26.6. The number of hydrogen-bond acceptors (Lipinski definition) is 8. The van der Waals surface area contributed by atoms with E-state index < -0.39 is 36.6 Å². The number of piperidine rings is 1. The third kappa shape index (κ3) is 4.58. The molecule has 2 N–H and O–H groups in total. The number of amides is 1. The van der Waals surface area contributed by atoms with Crippen LogP contribution in [0.1, 0.15) is 19.8 Å². The van der Waals surface area contributed by atoms with E-state index >= 15 is 0 Å². The predicted molar refractivity (Wildman–Crippen MR) is 143 cm³/mol. The summed E-state index contributed by atoms with van der Waals surface area (Å²) >= 11 is 4.37. The second-order valence-corrected chi connectivity index (χ2v) is 12.6. The van der Waals surface area contributed by atoms with Crippen molar-refractivity contribution in [3.8, 4) is 5.75 Å². The van der Waals surface area contributed by atoms with Crippen molar-refractivity contribution in [2.24, 2.45) is 5.92 Å². The van der Waals surface area contributed by atoms with Crippen LogP contribution < -0.4 is 4.74 Å². The minimum Gasteiger partial charge on any atom is -0.483 e. The van der Waals surface area contributed by atoms with Gasteiger partial charge in [0.25, 0.3) is 26.1 Å². The highest BCUT2D eigenvalue weighted by molar-refractivity contribution is 7.86. The molecule has 1 saturated heterocycles. The van der Waals surface area contributed by atoms with Crippen LogP contribution in [-0.2, 0) is 29.8 Å². The molecule has 0 aliphatic carbocycles. The molecular weight excluding hydrogens is 554 g/mol. The smallest absolute Gasteiger partial charge is 0.295 e. The van der Waals surface area contributed by atoms with Gasteiger partial charge < -0.3 is 9.64 Å². The van der Waals surface area contributed by atoms with Gasteiger partial charge in [0.05, 0.1) is 0 Å². The molecule has 0 bridgehead atoms. The molecule has 13 heteroatoms. The van der Waals surface area contributed by atoms with Crippen LogP contribution in [0, 0.1) is 5.92 Å². The topological polar surface area (TPSA) is 155 Å². The Morgan fingerprint density at radius 2 is 1.39 bits per heavy atom. The third-order valence-electron chi connectivity index (χ3n) is 7.09. The van der Waals surface area contributed by atoms with Gasteiger partial charge in [-0.1, -0.05) is 18.2 Å². The Labute approximate surface area is 223 Å². The van der Waals surface area contributed by atoms with Crippen LogP contribution in [0.3, 0.4) is 0 Å². The van der Waals surface area contributed by atoms with Crippen molar-refractivity contribution in [3.63, 3.8) is 0 Å². The quantitative estimate of drug-likeness (QED) is 0.177. The molecule has 0 aromatic heterocycles. The minimum absolute atomic E-state index is 0.00975. The first-order valence-corrected chi connectivity index (χ1v) is 14.9. The van der Waals surface area contributed by atoms with E-state index in [1.54, 1.807) is 17.0 Å². The molecule has 4 aromatic carbocycles. The Balaban J connectivity index is 1.64. The zero-order valence-corrected chi connectivity index (χ0v) is 22.6. The normalized spacial score (nSPS) is 15.5. The lowest BCUT2D eigenvalue weighted by molar-refractivity contribution is -0.136. The lowest BCUT2D eigenvalue weighted by atomic mass is 9.93. The molecule has 0 unspecified atom stereocenters.